The number of aromatic amines is 2. The van der Waals surface area contributed by atoms with Crippen molar-refractivity contribution in [1.29, 1.82) is 0 Å². The summed E-state index contributed by atoms with van der Waals surface area (Å²) in [6.07, 6.45) is 3.39. The Morgan fingerprint density at radius 3 is 2.68 bits per heavy atom. The first kappa shape index (κ1) is 17.9. The molecule has 142 valence electrons. The van der Waals surface area contributed by atoms with Gasteiger partial charge >= 0.3 is 0 Å². The molecular weight excluding hydrogens is 354 g/mol. The number of likely N-dealkylation sites (N-methyl/N-ethyl adjacent to an activating group) is 1. The molecule has 7 heteroatoms. The third-order valence-electron chi connectivity index (χ3n) is 4.47. The van der Waals surface area contributed by atoms with Gasteiger partial charge in [-0.1, -0.05) is 0 Å². The number of pyridine rings is 1. The van der Waals surface area contributed by atoms with Gasteiger partial charge in [0.05, 0.1) is 17.0 Å². The lowest BCUT2D eigenvalue weighted by atomic mass is 10.1. The molecule has 28 heavy (non-hydrogen) atoms. The fourth-order valence-electron chi connectivity index (χ4n) is 2.96. The summed E-state index contributed by atoms with van der Waals surface area (Å²) in [5.41, 5.74) is 3.52. The van der Waals surface area contributed by atoms with Gasteiger partial charge in [0.1, 0.15) is 12.4 Å². The number of rotatable bonds is 6. The van der Waals surface area contributed by atoms with E-state index in [2.05, 4.69) is 25.1 Å². The maximum absolute atomic E-state index is 12.4. The number of nitrogens with one attached hydrogen (secondary N) is 2. The smallest absolute Gasteiger partial charge is 0.273 e. The fourth-order valence-corrected chi connectivity index (χ4v) is 2.96. The van der Waals surface area contributed by atoms with Crippen LogP contribution in [0.4, 0.5) is 0 Å². The van der Waals surface area contributed by atoms with E-state index in [1.807, 2.05) is 50.5 Å². The summed E-state index contributed by atoms with van der Waals surface area (Å²) >= 11 is 0. The molecule has 0 atom stereocenters. The highest BCUT2D eigenvalue weighted by molar-refractivity contribution is 5.87. The molecule has 4 rings (SSSR count). The Morgan fingerprint density at radius 2 is 1.89 bits per heavy atom. The predicted octanol–water partition coefficient (Wildman–Crippen LogP) is 2.92. The van der Waals surface area contributed by atoms with Gasteiger partial charge in [-0.25, -0.2) is 5.10 Å². The monoisotopic (exact) mass is 375 g/mol. The Labute approximate surface area is 162 Å². The molecule has 3 aromatic heterocycles. The van der Waals surface area contributed by atoms with Crippen molar-refractivity contribution in [2.24, 2.45) is 0 Å². The van der Waals surface area contributed by atoms with Crippen molar-refractivity contribution in [3.8, 4) is 28.3 Å². The Hall–Kier alpha value is -3.45. The molecule has 0 fully saturated rings. The van der Waals surface area contributed by atoms with Crippen LogP contribution in [-0.4, -0.2) is 52.3 Å². The van der Waals surface area contributed by atoms with Crippen LogP contribution in [0.25, 0.3) is 33.4 Å². The topological polar surface area (TPSA) is 86.9 Å². The van der Waals surface area contributed by atoms with E-state index in [0.29, 0.717) is 17.9 Å². The first-order valence-corrected chi connectivity index (χ1v) is 9.01. The maximum atomic E-state index is 12.4. The van der Waals surface area contributed by atoms with Crippen molar-refractivity contribution >= 4 is 10.9 Å². The van der Waals surface area contributed by atoms with Crippen molar-refractivity contribution < 1.29 is 4.74 Å². The zero-order valence-electron chi connectivity index (χ0n) is 15.8. The molecule has 0 amide bonds. The Bertz CT molecular complexity index is 1150. The summed E-state index contributed by atoms with van der Waals surface area (Å²) in [7, 11) is 4.02. The van der Waals surface area contributed by atoms with E-state index in [1.165, 1.54) is 0 Å². The van der Waals surface area contributed by atoms with Crippen LogP contribution < -0.4 is 10.3 Å². The second-order valence-electron chi connectivity index (χ2n) is 6.82. The summed E-state index contributed by atoms with van der Waals surface area (Å²) in [6, 6.07) is 13.3. The van der Waals surface area contributed by atoms with Gasteiger partial charge in [-0.05, 0) is 50.5 Å². The minimum absolute atomic E-state index is 0.244. The van der Waals surface area contributed by atoms with E-state index in [0.717, 1.165) is 34.5 Å². The highest BCUT2D eigenvalue weighted by atomic mass is 16.5. The van der Waals surface area contributed by atoms with Crippen LogP contribution in [0.2, 0.25) is 0 Å². The van der Waals surface area contributed by atoms with E-state index < -0.39 is 0 Å². The number of ether oxygens (including phenoxy) is 1. The summed E-state index contributed by atoms with van der Waals surface area (Å²) in [5, 5.41) is 7.74. The van der Waals surface area contributed by atoms with E-state index >= 15 is 0 Å². The zero-order chi connectivity index (χ0) is 19.5. The molecule has 1 aromatic carbocycles. The number of hydrogen-bond donors (Lipinski definition) is 2. The molecule has 2 N–H and O–H groups in total. The Balaban J connectivity index is 1.66. The molecular formula is C21H21N5O2. The Kier molecular flexibility index (Phi) is 4.90. The number of fused-ring (bicyclic) bond motifs is 1. The summed E-state index contributed by atoms with van der Waals surface area (Å²) in [6.45, 7) is 1.46. The van der Waals surface area contributed by atoms with Crippen molar-refractivity contribution in [3.63, 3.8) is 0 Å². The average molecular weight is 375 g/mol. The molecule has 4 aromatic rings. The SMILES string of the molecule is CN(C)CCOc1ccc2cc(-c3cc(-c4ccncc4)n[nH]c3=O)[nH]c2c1. The van der Waals surface area contributed by atoms with Gasteiger partial charge in [-0.2, -0.15) is 5.10 Å². The van der Waals surface area contributed by atoms with Crippen LogP contribution in [0.3, 0.4) is 0 Å². The third kappa shape index (κ3) is 3.79. The van der Waals surface area contributed by atoms with Crippen molar-refractivity contribution in [2.75, 3.05) is 27.2 Å². The molecule has 0 bridgehead atoms. The molecule has 0 unspecified atom stereocenters. The average Bonchev–Trinajstić information content (AvgIpc) is 3.12. The maximum Gasteiger partial charge on any atom is 0.273 e. The van der Waals surface area contributed by atoms with Gasteiger partial charge < -0.3 is 14.6 Å². The number of H-pyrrole nitrogens is 2. The molecule has 3 heterocycles. The van der Waals surface area contributed by atoms with Gasteiger partial charge in [-0.3, -0.25) is 9.78 Å². The fraction of sp³-hybridized carbons (Fsp3) is 0.190. The molecule has 0 saturated heterocycles. The molecule has 0 aliphatic carbocycles. The van der Waals surface area contributed by atoms with Crippen LogP contribution in [-0.2, 0) is 0 Å². The third-order valence-corrected chi connectivity index (χ3v) is 4.47. The number of benzene rings is 1. The van der Waals surface area contributed by atoms with Gasteiger partial charge in [0.25, 0.3) is 5.56 Å². The molecule has 0 aliphatic rings. The summed E-state index contributed by atoms with van der Waals surface area (Å²) in [4.78, 5) is 21.8. The Morgan fingerprint density at radius 1 is 1.07 bits per heavy atom. The van der Waals surface area contributed by atoms with E-state index in [9.17, 15) is 4.79 Å². The van der Waals surface area contributed by atoms with Gasteiger partial charge in [0.15, 0.2) is 0 Å². The lowest BCUT2D eigenvalue weighted by Gasteiger charge is -2.10. The predicted molar refractivity (Wildman–Crippen MR) is 109 cm³/mol. The molecule has 0 aliphatic heterocycles. The largest absolute Gasteiger partial charge is 0.492 e. The van der Waals surface area contributed by atoms with E-state index in [4.69, 9.17) is 4.74 Å². The van der Waals surface area contributed by atoms with Crippen LogP contribution >= 0.6 is 0 Å². The van der Waals surface area contributed by atoms with Crippen molar-refractivity contribution in [2.45, 2.75) is 0 Å². The zero-order valence-corrected chi connectivity index (χ0v) is 15.8. The number of aromatic nitrogens is 4. The van der Waals surface area contributed by atoms with Crippen LogP contribution in [0.1, 0.15) is 0 Å². The van der Waals surface area contributed by atoms with Crippen molar-refractivity contribution in [3.05, 3.63) is 65.2 Å². The lowest BCUT2D eigenvalue weighted by Crippen LogP contribution is -2.19. The first-order valence-electron chi connectivity index (χ1n) is 9.01. The molecule has 0 radical (unpaired) electrons. The lowest BCUT2D eigenvalue weighted by molar-refractivity contribution is 0.261. The van der Waals surface area contributed by atoms with Gasteiger partial charge in [0, 0.05) is 41.5 Å². The van der Waals surface area contributed by atoms with Crippen LogP contribution in [0.5, 0.6) is 5.75 Å². The number of hydrogen-bond acceptors (Lipinski definition) is 5. The van der Waals surface area contributed by atoms with Crippen molar-refractivity contribution in [1.82, 2.24) is 25.1 Å². The minimum atomic E-state index is -0.244. The van der Waals surface area contributed by atoms with Crippen LogP contribution in [0.15, 0.2) is 59.7 Å². The summed E-state index contributed by atoms with van der Waals surface area (Å²) in [5.74, 6) is 0.795. The molecule has 0 saturated carbocycles. The van der Waals surface area contributed by atoms with Gasteiger partial charge in [-0.15, -0.1) is 0 Å². The van der Waals surface area contributed by atoms with E-state index in [-0.39, 0.29) is 5.56 Å². The number of nitrogens with zero attached hydrogens (tertiary/aromatic N) is 3. The summed E-state index contributed by atoms with van der Waals surface area (Å²) < 4.78 is 5.80. The highest BCUT2D eigenvalue weighted by Gasteiger charge is 2.11. The second kappa shape index (κ2) is 7.66. The standard InChI is InChI=1S/C21H21N5O2/c1-26(2)9-10-28-16-4-3-15-11-20(23-18(15)12-16)17-13-19(24-25-21(17)27)14-5-7-22-8-6-14/h3-8,11-13,23H,9-10H2,1-2H3,(H,25,27). The first-order chi connectivity index (χ1) is 13.6. The highest BCUT2D eigenvalue weighted by Crippen LogP contribution is 2.27. The second-order valence-corrected chi connectivity index (χ2v) is 6.82. The van der Waals surface area contributed by atoms with Gasteiger partial charge in [0.2, 0.25) is 0 Å². The minimum Gasteiger partial charge on any atom is -0.492 e. The molecule has 0 spiro atoms. The van der Waals surface area contributed by atoms with Crippen LogP contribution in [0, 0.1) is 0 Å². The normalized spacial score (nSPS) is 11.2. The van der Waals surface area contributed by atoms with E-state index in [1.54, 1.807) is 18.5 Å². The quantitative estimate of drug-likeness (QED) is 0.541. The molecule has 7 nitrogen and oxygen atoms in total.